The molecule has 1 aliphatic rings. The van der Waals surface area contributed by atoms with Crippen LogP contribution in [-0.2, 0) is 16.4 Å². The van der Waals surface area contributed by atoms with Crippen LogP contribution in [0.2, 0.25) is 5.02 Å². The number of nitriles is 1. The molecule has 0 saturated carbocycles. The number of anilines is 1. The summed E-state index contributed by atoms with van der Waals surface area (Å²) >= 11 is 7.01. The molecule has 1 fully saturated rings. The summed E-state index contributed by atoms with van der Waals surface area (Å²) in [6, 6.07) is 15.5. The number of rotatable bonds is 8. The highest BCUT2D eigenvalue weighted by atomic mass is 35.5. The smallest absolute Gasteiger partial charge is 0.251 e. The number of aromatic nitrogens is 1. The molecule has 186 valence electrons. The van der Waals surface area contributed by atoms with Gasteiger partial charge in [0.1, 0.15) is 16.1 Å². The van der Waals surface area contributed by atoms with E-state index in [4.69, 9.17) is 16.9 Å². The van der Waals surface area contributed by atoms with Crippen LogP contribution < -0.4 is 10.2 Å². The maximum atomic E-state index is 12.8. The van der Waals surface area contributed by atoms with Crippen molar-refractivity contribution in [3.05, 3.63) is 88.0 Å². The van der Waals surface area contributed by atoms with Crippen LogP contribution in [0.5, 0.6) is 0 Å². The zero-order chi connectivity index (χ0) is 25.5. The molecule has 1 aliphatic heterocycles. The molecule has 0 unspecified atom stereocenters. The summed E-state index contributed by atoms with van der Waals surface area (Å²) in [6.07, 6.45) is 5.07. The Bertz CT molecular complexity index is 1370. The third-order valence-corrected chi connectivity index (χ3v) is 9.14. The number of sulfone groups is 1. The Balaban J connectivity index is 1.25. The second kappa shape index (κ2) is 11.6. The lowest BCUT2D eigenvalue weighted by atomic mass is 10.2. The zero-order valence-corrected chi connectivity index (χ0v) is 21.7. The average Bonchev–Trinajstić information content (AvgIpc) is 3.38. The van der Waals surface area contributed by atoms with E-state index in [0.717, 1.165) is 48.2 Å². The Morgan fingerprint density at radius 2 is 1.86 bits per heavy atom. The minimum absolute atomic E-state index is 0.0958. The average molecular weight is 542 g/mol. The predicted octanol–water partition coefficient (Wildman–Crippen LogP) is 3.71. The summed E-state index contributed by atoms with van der Waals surface area (Å²) in [5, 5.41) is 12.2. The molecule has 1 aromatic carbocycles. The van der Waals surface area contributed by atoms with Crippen molar-refractivity contribution >= 4 is 44.5 Å². The Morgan fingerprint density at radius 3 is 2.53 bits per heavy atom. The number of nitrogens with zero attached hydrogens (tertiary/aromatic N) is 4. The van der Waals surface area contributed by atoms with Crippen LogP contribution in [0.4, 0.5) is 5.82 Å². The number of nitrogens with one attached hydrogen (secondary N) is 1. The number of carbonyl (C=O) groups excluding carboxylic acids is 1. The fraction of sp³-hybridized carbons (Fsp3) is 0.240. The monoisotopic (exact) mass is 541 g/mol. The van der Waals surface area contributed by atoms with Crippen LogP contribution in [0.3, 0.4) is 0 Å². The highest BCUT2D eigenvalue weighted by molar-refractivity contribution is 7.93. The van der Waals surface area contributed by atoms with E-state index in [0.29, 0.717) is 16.1 Å². The minimum Gasteiger partial charge on any atom is -0.374 e. The van der Waals surface area contributed by atoms with Crippen molar-refractivity contribution in [2.45, 2.75) is 10.8 Å². The highest BCUT2D eigenvalue weighted by Crippen LogP contribution is 2.23. The largest absolute Gasteiger partial charge is 0.374 e. The number of piperazine rings is 1. The first-order chi connectivity index (χ1) is 17.3. The predicted molar refractivity (Wildman–Crippen MR) is 141 cm³/mol. The van der Waals surface area contributed by atoms with E-state index in [1.54, 1.807) is 54.7 Å². The number of carbonyl (C=O) groups is 1. The second-order valence-electron chi connectivity index (χ2n) is 8.12. The van der Waals surface area contributed by atoms with Crippen molar-refractivity contribution in [2.75, 3.05) is 36.8 Å². The molecule has 1 amide bonds. The van der Waals surface area contributed by atoms with Gasteiger partial charge in [-0.25, -0.2) is 13.4 Å². The van der Waals surface area contributed by atoms with Gasteiger partial charge in [-0.3, -0.25) is 4.79 Å². The maximum absolute atomic E-state index is 12.8. The number of hydrogen-bond acceptors (Lipinski definition) is 8. The Hall–Kier alpha value is -3.39. The van der Waals surface area contributed by atoms with Crippen molar-refractivity contribution in [2.24, 2.45) is 0 Å². The number of pyridine rings is 1. The summed E-state index contributed by atoms with van der Waals surface area (Å²) in [4.78, 5) is 21.6. The Morgan fingerprint density at radius 1 is 1.11 bits per heavy atom. The molecule has 8 nitrogen and oxygen atoms in total. The fourth-order valence-corrected chi connectivity index (χ4v) is 6.24. The van der Waals surface area contributed by atoms with Gasteiger partial charge in [0, 0.05) is 47.8 Å². The van der Waals surface area contributed by atoms with Crippen molar-refractivity contribution in [1.82, 2.24) is 15.2 Å². The number of benzene rings is 1. The molecular formula is C25H24ClN5O3S2. The van der Waals surface area contributed by atoms with Crippen LogP contribution in [0, 0.1) is 11.3 Å². The quantitative estimate of drug-likeness (QED) is 0.463. The van der Waals surface area contributed by atoms with E-state index in [1.807, 2.05) is 12.3 Å². The summed E-state index contributed by atoms with van der Waals surface area (Å²) in [5.74, 6) is 0.488. The molecule has 36 heavy (non-hydrogen) atoms. The third-order valence-electron chi connectivity index (χ3n) is 5.62. The lowest BCUT2D eigenvalue weighted by Gasteiger charge is -2.34. The van der Waals surface area contributed by atoms with Crippen molar-refractivity contribution < 1.29 is 13.2 Å². The molecule has 0 bridgehead atoms. The summed E-state index contributed by atoms with van der Waals surface area (Å²) in [7, 11) is -3.47. The third kappa shape index (κ3) is 6.63. The Kier molecular flexibility index (Phi) is 8.25. The molecule has 11 heteroatoms. The molecule has 0 atom stereocenters. The first-order valence-corrected chi connectivity index (χ1v) is 14.1. The first kappa shape index (κ1) is 25.7. The van der Waals surface area contributed by atoms with Crippen LogP contribution in [0.1, 0.15) is 20.8 Å². The van der Waals surface area contributed by atoms with Gasteiger partial charge in [0.15, 0.2) is 9.84 Å². The first-order valence-electron chi connectivity index (χ1n) is 11.2. The summed E-state index contributed by atoms with van der Waals surface area (Å²) in [5.41, 5.74) is 1.02. The van der Waals surface area contributed by atoms with E-state index >= 15 is 0 Å². The van der Waals surface area contributed by atoms with Crippen molar-refractivity contribution in [3.8, 4) is 6.07 Å². The van der Waals surface area contributed by atoms with Crippen molar-refractivity contribution in [1.29, 1.82) is 5.26 Å². The highest BCUT2D eigenvalue weighted by Gasteiger charge is 2.18. The molecule has 0 aliphatic carbocycles. The van der Waals surface area contributed by atoms with E-state index in [1.165, 1.54) is 0 Å². The van der Waals surface area contributed by atoms with Gasteiger partial charge in [-0.1, -0.05) is 17.7 Å². The van der Waals surface area contributed by atoms with Gasteiger partial charge in [-0.2, -0.15) is 5.26 Å². The van der Waals surface area contributed by atoms with E-state index in [2.05, 4.69) is 26.2 Å². The fourth-order valence-electron chi connectivity index (χ4n) is 3.63. The Labute approximate surface area is 219 Å². The van der Waals surface area contributed by atoms with Crippen LogP contribution in [0.25, 0.3) is 0 Å². The van der Waals surface area contributed by atoms with Crippen molar-refractivity contribution in [3.63, 3.8) is 0 Å². The molecule has 2 aromatic heterocycles. The lowest BCUT2D eigenvalue weighted by molar-refractivity contribution is 0.0951. The van der Waals surface area contributed by atoms with Crippen LogP contribution >= 0.6 is 22.9 Å². The normalized spacial score (nSPS) is 14.1. The van der Waals surface area contributed by atoms with Gasteiger partial charge in [0.05, 0.1) is 17.9 Å². The molecule has 1 N–H and O–H groups in total. The summed E-state index contributed by atoms with van der Waals surface area (Å²) in [6.45, 7) is 3.25. The lowest BCUT2D eigenvalue weighted by Crippen LogP contribution is -2.44. The number of amides is 1. The maximum Gasteiger partial charge on any atom is 0.251 e. The zero-order valence-electron chi connectivity index (χ0n) is 19.3. The molecular weight excluding hydrogens is 518 g/mol. The van der Waals surface area contributed by atoms with Gasteiger partial charge in [0.25, 0.3) is 5.91 Å². The number of halogens is 1. The SMILES string of the molecule is N#Cc1ccc(N2CCN(C=CCS(=O)(=O)c3ccc(CNC(=O)c4ccc(Cl)cc4)s3)CC2)nc1. The van der Waals surface area contributed by atoms with E-state index in [9.17, 15) is 13.2 Å². The second-order valence-corrected chi connectivity index (χ2v) is 12.0. The van der Waals surface area contributed by atoms with Gasteiger partial charge in [-0.05, 0) is 54.7 Å². The number of hydrogen-bond donors (Lipinski definition) is 1. The van der Waals surface area contributed by atoms with Crippen LogP contribution in [-0.4, -0.2) is 56.1 Å². The molecule has 1 saturated heterocycles. The van der Waals surface area contributed by atoms with Gasteiger partial charge >= 0.3 is 0 Å². The molecule has 4 rings (SSSR count). The standard InChI is InChI=1S/C25H24ClN5O3S2/c26-21-5-3-20(4-6-21)25(32)29-18-22-7-9-24(35-22)36(33,34)15-1-10-30-11-13-31(14-12-30)23-8-2-19(16-27)17-28-23/h1-10,17H,11-15,18H2,(H,29,32). The van der Waals surface area contributed by atoms with Gasteiger partial charge in [0.2, 0.25) is 0 Å². The molecule has 0 radical (unpaired) electrons. The van der Waals surface area contributed by atoms with Gasteiger partial charge < -0.3 is 15.1 Å². The van der Waals surface area contributed by atoms with E-state index in [-0.39, 0.29) is 22.4 Å². The summed E-state index contributed by atoms with van der Waals surface area (Å²) < 4.78 is 25.8. The molecule has 0 spiro atoms. The number of thiophene rings is 1. The van der Waals surface area contributed by atoms with E-state index < -0.39 is 9.84 Å². The molecule has 3 aromatic rings. The molecule has 3 heterocycles. The topological polar surface area (TPSA) is 106 Å². The van der Waals surface area contributed by atoms with Crippen LogP contribution in [0.15, 0.2) is 71.2 Å². The minimum atomic E-state index is -3.47. The van der Waals surface area contributed by atoms with Gasteiger partial charge in [-0.15, -0.1) is 11.3 Å².